The Morgan fingerprint density at radius 1 is 1.03 bits per heavy atom. The molecule has 3 aromatic rings. The second-order valence-corrected chi connectivity index (χ2v) is 10.3. The first-order valence-electron chi connectivity index (χ1n) is 11.8. The van der Waals surface area contributed by atoms with Crippen LogP contribution in [0.2, 0.25) is 0 Å². The molecule has 1 amide bonds. The molecule has 2 aromatic carbocycles. The summed E-state index contributed by atoms with van der Waals surface area (Å²) in [5, 5.41) is 4.84. The van der Waals surface area contributed by atoms with Gasteiger partial charge in [0.25, 0.3) is 0 Å². The van der Waals surface area contributed by atoms with Crippen LogP contribution in [0.5, 0.6) is 0 Å². The maximum absolute atomic E-state index is 14.2. The van der Waals surface area contributed by atoms with Crippen molar-refractivity contribution < 1.29 is 18.4 Å². The standard InChI is InChI=1S/C27H29FN2O2S/c28-24-9-5-4-8-22(24)23-13-17-33-26(23)18-29-27(31)32-25-19-30(15-11-21(25)12-16-30)14-10-20-6-2-1-3-7-20/h1-9,13,17,21,25H,10-12,14-16,18-19H2/p+1. The maximum Gasteiger partial charge on any atom is 0.407 e. The van der Waals surface area contributed by atoms with Gasteiger partial charge in [-0.15, -0.1) is 11.3 Å². The first-order valence-corrected chi connectivity index (χ1v) is 12.6. The fourth-order valence-electron chi connectivity index (χ4n) is 5.41. The molecule has 3 aliphatic heterocycles. The molecule has 3 aliphatic rings. The van der Waals surface area contributed by atoms with E-state index < -0.39 is 0 Å². The number of nitrogens with zero attached hydrogens (tertiary/aromatic N) is 1. The summed E-state index contributed by atoms with van der Waals surface area (Å²) in [5.74, 6) is 0.208. The number of halogens is 1. The quantitative estimate of drug-likeness (QED) is 0.459. The number of quaternary nitrogens is 1. The molecule has 4 heterocycles. The Labute approximate surface area is 198 Å². The molecule has 2 bridgehead atoms. The van der Waals surface area contributed by atoms with Crippen LogP contribution in [-0.4, -0.2) is 42.9 Å². The van der Waals surface area contributed by atoms with Crippen LogP contribution in [0.1, 0.15) is 23.3 Å². The molecular formula is C27H30FN2O2S+. The molecule has 3 fully saturated rings. The van der Waals surface area contributed by atoms with Crippen molar-refractivity contribution in [3.05, 3.63) is 82.3 Å². The number of hydrogen-bond donors (Lipinski definition) is 1. The molecule has 0 saturated carbocycles. The summed E-state index contributed by atoms with van der Waals surface area (Å²) < 4.78 is 21.2. The summed E-state index contributed by atoms with van der Waals surface area (Å²) >= 11 is 1.52. The lowest BCUT2D eigenvalue weighted by atomic mass is 9.83. The molecule has 3 saturated heterocycles. The third-order valence-electron chi connectivity index (χ3n) is 7.32. The van der Waals surface area contributed by atoms with Crippen molar-refractivity contribution in [2.24, 2.45) is 5.92 Å². The highest BCUT2D eigenvalue weighted by Crippen LogP contribution is 2.36. The van der Waals surface area contributed by atoms with Gasteiger partial charge in [-0.1, -0.05) is 48.5 Å². The van der Waals surface area contributed by atoms with Crippen LogP contribution in [0.3, 0.4) is 0 Å². The largest absolute Gasteiger partial charge is 0.440 e. The van der Waals surface area contributed by atoms with Crippen molar-refractivity contribution in [1.29, 1.82) is 0 Å². The van der Waals surface area contributed by atoms with E-state index in [9.17, 15) is 9.18 Å². The third kappa shape index (κ3) is 4.97. The fourth-order valence-corrected chi connectivity index (χ4v) is 6.24. The van der Waals surface area contributed by atoms with E-state index in [1.165, 1.54) is 36.1 Å². The van der Waals surface area contributed by atoms with Gasteiger partial charge in [0, 0.05) is 41.2 Å². The summed E-state index contributed by atoms with van der Waals surface area (Å²) in [6.45, 7) is 4.70. The molecule has 1 unspecified atom stereocenters. The van der Waals surface area contributed by atoms with Crippen LogP contribution in [-0.2, 0) is 17.7 Å². The molecule has 0 radical (unpaired) electrons. The van der Waals surface area contributed by atoms with Gasteiger partial charge in [-0.3, -0.25) is 0 Å². The second-order valence-electron chi connectivity index (χ2n) is 9.30. The Morgan fingerprint density at radius 2 is 1.79 bits per heavy atom. The molecule has 33 heavy (non-hydrogen) atoms. The Balaban J connectivity index is 1.17. The Kier molecular flexibility index (Phi) is 6.47. The minimum Gasteiger partial charge on any atom is -0.440 e. The number of benzene rings is 2. The van der Waals surface area contributed by atoms with E-state index in [4.69, 9.17) is 4.74 Å². The van der Waals surface area contributed by atoms with Gasteiger partial charge in [-0.2, -0.15) is 0 Å². The summed E-state index contributed by atoms with van der Waals surface area (Å²) in [5.41, 5.74) is 2.76. The first kappa shape index (κ1) is 22.1. The zero-order valence-electron chi connectivity index (χ0n) is 18.7. The number of carbonyl (C=O) groups is 1. The van der Waals surface area contributed by atoms with Gasteiger partial charge in [0.05, 0.1) is 26.2 Å². The Bertz CT molecular complexity index is 1090. The number of piperidine rings is 3. The number of ether oxygens (including phenoxy) is 1. The van der Waals surface area contributed by atoms with Gasteiger partial charge in [0.1, 0.15) is 12.4 Å². The van der Waals surface area contributed by atoms with Crippen molar-refractivity contribution in [2.45, 2.75) is 31.9 Å². The van der Waals surface area contributed by atoms with Gasteiger partial charge in [0.2, 0.25) is 0 Å². The second kappa shape index (κ2) is 9.65. The molecular weight excluding hydrogens is 435 g/mol. The molecule has 1 N–H and O–H groups in total. The molecule has 6 heteroatoms. The highest BCUT2D eigenvalue weighted by molar-refractivity contribution is 7.10. The van der Waals surface area contributed by atoms with Crippen LogP contribution in [0.15, 0.2) is 66.0 Å². The number of amides is 1. The van der Waals surface area contributed by atoms with E-state index in [0.717, 1.165) is 47.3 Å². The highest BCUT2D eigenvalue weighted by Gasteiger charge is 2.47. The van der Waals surface area contributed by atoms with Gasteiger partial charge in [-0.25, -0.2) is 9.18 Å². The molecule has 1 atom stereocenters. The van der Waals surface area contributed by atoms with Crippen molar-refractivity contribution in [1.82, 2.24) is 5.32 Å². The SMILES string of the molecule is O=C(NCc1sccc1-c1ccccc1F)OC1C[N+]2(CCc3ccccc3)CCC1CC2. The highest BCUT2D eigenvalue weighted by atomic mass is 32.1. The van der Waals surface area contributed by atoms with Gasteiger partial charge >= 0.3 is 6.09 Å². The van der Waals surface area contributed by atoms with E-state index >= 15 is 0 Å². The van der Waals surface area contributed by atoms with E-state index in [1.54, 1.807) is 12.1 Å². The van der Waals surface area contributed by atoms with Gasteiger partial charge < -0.3 is 14.5 Å². The minimum atomic E-state index is -0.372. The lowest BCUT2D eigenvalue weighted by Crippen LogP contribution is -2.65. The van der Waals surface area contributed by atoms with Gasteiger partial charge in [-0.05, 0) is 23.1 Å². The Hall–Kier alpha value is -2.70. The average Bonchev–Trinajstić information content (AvgIpc) is 3.32. The van der Waals surface area contributed by atoms with Crippen LogP contribution in [0, 0.1) is 11.7 Å². The van der Waals surface area contributed by atoms with Crippen molar-refractivity contribution in [2.75, 3.05) is 26.2 Å². The summed E-state index contributed by atoms with van der Waals surface area (Å²) in [7, 11) is 0. The molecule has 0 aliphatic carbocycles. The van der Waals surface area contributed by atoms with Crippen molar-refractivity contribution in [3.63, 3.8) is 0 Å². The smallest absolute Gasteiger partial charge is 0.407 e. The number of alkyl carbamates (subject to hydrolysis) is 1. The van der Waals surface area contributed by atoms with E-state index in [0.29, 0.717) is 18.0 Å². The van der Waals surface area contributed by atoms with Crippen LogP contribution >= 0.6 is 11.3 Å². The topological polar surface area (TPSA) is 38.3 Å². The third-order valence-corrected chi connectivity index (χ3v) is 8.24. The fraction of sp³-hybridized carbons (Fsp3) is 0.370. The predicted octanol–water partition coefficient (Wildman–Crippen LogP) is 5.63. The maximum atomic E-state index is 14.2. The summed E-state index contributed by atoms with van der Waals surface area (Å²) in [4.78, 5) is 13.6. The van der Waals surface area contributed by atoms with Crippen molar-refractivity contribution >= 4 is 17.4 Å². The van der Waals surface area contributed by atoms with Crippen LogP contribution < -0.4 is 5.32 Å². The van der Waals surface area contributed by atoms with Crippen LogP contribution in [0.25, 0.3) is 11.1 Å². The van der Waals surface area contributed by atoms with Crippen LogP contribution in [0.4, 0.5) is 9.18 Å². The lowest BCUT2D eigenvalue weighted by Gasteiger charge is -2.52. The monoisotopic (exact) mass is 465 g/mol. The molecule has 1 aromatic heterocycles. The normalized spacial score (nSPS) is 23.9. The zero-order chi connectivity index (χ0) is 22.7. The number of nitrogens with one attached hydrogen (secondary N) is 1. The number of fused-ring (bicyclic) bond motifs is 3. The number of rotatable bonds is 7. The minimum absolute atomic E-state index is 0.0300. The van der Waals surface area contributed by atoms with E-state index in [2.05, 4.69) is 35.6 Å². The predicted molar refractivity (Wildman–Crippen MR) is 129 cm³/mol. The lowest BCUT2D eigenvalue weighted by molar-refractivity contribution is -0.945. The number of thiophene rings is 1. The van der Waals surface area contributed by atoms with Crippen molar-refractivity contribution in [3.8, 4) is 11.1 Å². The summed E-state index contributed by atoms with van der Waals surface area (Å²) in [6, 6.07) is 19.3. The number of carbonyl (C=O) groups excluding carboxylic acids is 1. The first-order chi connectivity index (χ1) is 16.1. The van der Waals surface area contributed by atoms with E-state index in [-0.39, 0.29) is 18.0 Å². The average molecular weight is 466 g/mol. The Morgan fingerprint density at radius 3 is 2.58 bits per heavy atom. The van der Waals surface area contributed by atoms with E-state index in [1.807, 2.05) is 17.5 Å². The zero-order valence-corrected chi connectivity index (χ0v) is 19.5. The molecule has 6 rings (SSSR count). The van der Waals surface area contributed by atoms with Gasteiger partial charge in [0.15, 0.2) is 6.10 Å². The summed E-state index contributed by atoms with van der Waals surface area (Å²) in [6.07, 6.45) is 2.90. The number of hydrogen-bond acceptors (Lipinski definition) is 3. The molecule has 172 valence electrons. The molecule has 0 spiro atoms. The molecule has 4 nitrogen and oxygen atoms in total.